The lowest BCUT2D eigenvalue weighted by Crippen LogP contribution is -2.44. The molecule has 0 amide bonds. The van der Waals surface area contributed by atoms with Gasteiger partial charge in [0.25, 0.3) is 0 Å². The molecule has 1 saturated carbocycles. The summed E-state index contributed by atoms with van der Waals surface area (Å²) in [4.78, 5) is 0. The van der Waals surface area contributed by atoms with Crippen molar-refractivity contribution in [3.63, 3.8) is 0 Å². The number of aromatic nitrogens is 3. The van der Waals surface area contributed by atoms with E-state index in [9.17, 15) is 5.11 Å². The highest BCUT2D eigenvalue weighted by molar-refractivity contribution is 7.99. The van der Waals surface area contributed by atoms with Crippen LogP contribution >= 0.6 is 11.8 Å². The molecule has 2 N–H and O–H groups in total. The second kappa shape index (κ2) is 4.73. The van der Waals surface area contributed by atoms with Crippen LogP contribution in [0.15, 0.2) is 11.5 Å². The maximum Gasteiger partial charge on any atom is 0.191 e. The Balaban J connectivity index is 1.97. The molecule has 16 heavy (non-hydrogen) atoms. The van der Waals surface area contributed by atoms with Crippen molar-refractivity contribution in [2.45, 2.75) is 35.2 Å². The van der Waals surface area contributed by atoms with E-state index in [0.29, 0.717) is 5.25 Å². The normalized spacial score (nSPS) is 29.8. The summed E-state index contributed by atoms with van der Waals surface area (Å²) >= 11 is 1.76. The third-order valence-corrected chi connectivity index (χ3v) is 4.65. The number of aliphatic hydroxyl groups excluding tert-OH is 1. The van der Waals surface area contributed by atoms with Crippen molar-refractivity contribution in [2.24, 2.45) is 7.05 Å². The van der Waals surface area contributed by atoms with Gasteiger partial charge in [-0.3, -0.25) is 0 Å². The Morgan fingerprint density at radius 2 is 2.56 bits per heavy atom. The Labute approximate surface area is 99.6 Å². The molecule has 6 heteroatoms. The first-order chi connectivity index (χ1) is 7.69. The molecule has 1 aromatic heterocycles. The largest absolute Gasteiger partial charge is 0.394 e. The highest BCUT2D eigenvalue weighted by Crippen LogP contribution is 2.38. The fourth-order valence-corrected chi connectivity index (χ4v) is 3.40. The van der Waals surface area contributed by atoms with E-state index in [2.05, 4.69) is 15.5 Å². The Morgan fingerprint density at radius 1 is 1.75 bits per heavy atom. The van der Waals surface area contributed by atoms with E-state index in [0.717, 1.165) is 24.4 Å². The van der Waals surface area contributed by atoms with Gasteiger partial charge in [-0.05, 0) is 26.3 Å². The second-order valence-corrected chi connectivity index (χ2v) is 5.66. The van der Waals surface area contributed by atoms with Gasteiger partial charge in [0, 0.05) is 17.8 Å². The van der Waals surface area contributed by atoms with Crippen LogP contribution < -0.4 is 5.32 Å². The number of rotatable bonds is 4. The molecular formula is C10H18N4OS. The van der Waals surface area contributed by atoms with Gasteiger partial charge in [-0.1, -0.05) is 11.8 Å². The average molecular weight is 242 g/mol. The summed E-state index contributed by atoms with van der Waals surface area (Å²) in [5, 5.41) is 22.1. The number of thioether (sulfide) groups is 1. The van der Waals surface area contributed by atoms with Crippen molar-refractivity contribution in [3.05, 3.63) is 6.33 Å². The zero-order valence-electron chi connectivity index (χ0n) is 9.68. The molecule has 1 aliphatic rings. The lowest BCUT2D eigenvalue weighted by atomic mass is 10.00. The topological polar surface area (TPSA) is 63.0 Å². The number of aryl methyl sites for hydroxylation is 1. The van der Waals surface area contributed by atoms with E-state index in [-0.39, 0.29) is 12.1 Å². The molecule has 1 fully saturated rings. The van der Waals surface area contributed by atoms with Gasteiger partial charge in [-0.2, -0.15) is 0 Å². The highest BCUT2D eigenvalue weighted by atomic mass is 32.2. The van der Waals surface area contributed by atoms with Crippen LogP contribution in [0.3, 0.4) is 0 Å². The summed E-state index contributed by atoms with van der Waals surface area (Å²) in [5.74, 6) is 0. The van der Waals surface area contributed by atoms with Crippen LogP contribution in [-0.4, -0.2) is 44.3 Å². The first kappa shape index (κ1) is 11.9. The van der Waals surface area contributed by atoms with Crippen LogP contribution in [-0.2, 0) is 7.05 Å². The summed E-state index contributed by atoms with van der Waals surface area (Å²) in [6.45, 7) is 0.208. The maximum atomic E-state index is 9.41. The molecular weight excluding hydrogens is 224 g/mol. The van der Waals surface area contributed by atoms with Gasteiger partial charge in [0.15, 0.2) is 5.16 Å². The minimum Gasteiger partial charge on any atom is -0.394 e. The lowest BCUT2D eigenvalue weighted by molar-refractivity contribution is 0.173. The van der Waals surface area contributed by atoms with Gasteiger partial charge < -0.3 is 15.0 Å². The number of nitrogens with zero attached hydrogens (tertiary/aromatic N) is 3. The first-order valence-corrected chi connectivity index (χ1v) is 6.37. The lowest BCUT2D eigenvalue weighted by Gasteiger charge is -2.26. The van der Waals surface area contributed by atoms with E-state index in [1.807, 2.05) is 18.7 Å². The summed E-state index contributed by atoms with van der Waals surface area (Å²) in [7, 11) is 3.88. The van der Waals surface area contributed by atoms with Crippen molar-refractivity contribution in [1.29, 1.82) is 0 Å². The molecule has 2 unspecified atom stereocenters. The summed E-state index contributed by atoms with van der Waals surface area (Å²) < 4.78 is 1.93. The molecule has 0 spiro atoms. The third kappa shape index (κ3) is 2.23. The van der Waals surface area contributed by atoms with E-state index >= 15 is 0 Å². The standard InChI is InChI=1S/C10H18N4OS/c1-11-10(6-15)4-3-8(5-10)16-9-13-12-7-14(9)2/h7-8,11,15H,3-6H2,1-2H3. The number of nitrogens with one attached hydrogen (secondary N) is 1. The van der Waals surface area contributed by atoms with Crippen LogP contribution in [0.5, 0.6) is 0 Å². The van der Waals surface area contributed by atoms with Crippen LogP contribution in [0.4, 0.5) is 0 Å². The minimum absolute atomic E-state index is 0.0870. The molecule has 2 rings (SSSR count). The van der Waals surface area contributed by atoms with Crippen molar-refractivity contribution in [2.75, 3.05) is 13.7 Å². The molecule has 0 bridgehead atoms. The van der Waals surface area contributed by atoms with E-state index in [1.54, 1.807) is 18.1 Å². The van der Waals surface area contributed by atoms with Gasteiger partial charge in [-0.15, -0.1) is 10.2 Å². The molecule has 0 aliphatic heterocycles. The van der Waals surface area contributed by atoms with Crippen molar-refractivity contribution < 1.29 is 5.11 Å². The van der Waals surface area contributed by atoms with Crippen LogP contribution in [0.2, 0.25) is 0 Å². The second-order valence-electron chi connectivity index (χ2n) is 4.40. The molecule has 90 valence electrons. The molecule has 0 saturated heterocycles. The fourth-order valence-electron chi connectivity index (χ4n) is 2.16. The molecule has 2 atom stereocenters. The predicted octanol–water partition coefficient (Wildman–Crippen LogP) is 0.410. The Bertz CT molecular complexity index is 350. The summed E-state index contributed by atoms with van der Waals surface area (Å²) in [5.41, 5.74) is -0.0870. The number of hydrogen-bond acceptors (Lipinski definition) is 5. The van der Waals surface area contributed by atoms with Gasteiger partial charge in [0.1, 0.15) is 6.33 Å². The summed E-state index contributed by atoms with van der Waals surface area (Å²) in [6.07, 6.45) is 4.83. The quantitative estimate of drug-likeness (QED) is 0.801. The molecule has 1 aromatic rings. The van der Waals surface area contributed by atoms with E-state index in [4.69, 9.17) is 0 Å². The zero-order chi connectivity index (χ0) is 11.6. The molecule has 1 heterocycles. The maximum absolute atomic E-state index is 9.41. The summed E-state index contributed by atoms with van der Waals surface area (Å²) in [6, 6.07) is 0. The SMILES string of the molecule is CNC1(CO)CCC(Sc2nncn2C)C1. The van der Waals surface area contributed by atoms with Gasteiger partial charge in [0.2, 0.25) is 0 Å². The van der Waals surface area contributed by atoms with Crippen molar-refractivity contribution in [1.82, 2.24) is 20.1 Å². The fraction of sp³-hybridized carbons (Fsp3) is 0.800. The average Bonchev–Trinajstić information content (AvgIpc) is 2.88. The number of likely N-dealkylation sites (N-methyl/N-ethyl adjacent to an activating group) is 1. The molecule has 1 aliphatic carbocycles. The monoisotopic (exact) mass is 242 g/mol. The Hall–Kier alpha value is -0.590. The predicted molar refractivity (Wildman–Crippen MR) is 63.4 cm³/mol. The van der Waals surface area contributed by atoms with Crippen LogP contribution in [0.25, 0.3) is 0 Å². The molecule has 0 radical (unpaired) electrons. The first-order valence-electron chi connectivity index (χ1n) is 5.49. The van der Waals surface area contributed by atoms with Gasteiger partial charge in [0.05, 0.1) is 6.61 Å². The van der Waals surface area contributed by atoms with Crippen LogP contribution in [0.1, 0.15) is 19.3 Å². The van der Waals surface area contributed by atoms with Gasteiger partial charge >= 0.3 is 0 Å². The third-order valence-electron chi connectivity index (χ3n) is 3.34. The van der Waals surface area contributed by atoms with Crippen LogP contribution in [0, 0.1) is 0 Å². The van der Waals surface area contributed by atoms with Crippen molar-refractivity contribution in [3.8, 4) is 0 Å². The van der Waals surface area contributed by atoms with Gasteiger partial charge in [-0.25, -0.2) is 0 Å². The van der Waals surface area contributed by atoms with E-state index < -0.39 is 0 Å². The molecule has 0 aromatic carbocycles. The van der Waals surface area contributed by atoms with E-state index in [1.165, 1.54) is 0 Å². The zero-order valence-corrected chi connectivity index (χ0v) is 10.5. The Morgan fingerprint density at radius 3 is 3.06 bits per heavy atom. The highest BCUT2D eigenvalue weighted by Gasteiger charge is 2.38. The molecule has 5 nitrogen and oxygen atoms in total. The smallest absolute Gasteiger partial charge is 0.191 e. The minimum atomic E-state index is -0.0870. The number of aliphatic hydroxyl groups is 1. The Kier molecular flexibility index (Phi) is 3.51. The number of hydrogen-bond donors (Lipinski definition) is 2. The van der Waals surface area contributed by atoms with Crippen molar-refractivity contribution >= 4 is 11.8 Å².